The van der Waals surface area contributed by atoms with Crippen molar-refractivity contribution in [3.05, 3.63) is 29.3 Å². The van der Waals surface area contributed by atoms with Gasteiger partial charge in [-0.3, -0.25) is 9.59 Å². The highest BCUT2D eigenvalue weighted by molar-refractivity contribution is 7.88. The van der Waals surface area contributed by atoms with E-state index in [0.717, 1.165) is 18.2 Å². The Morgan fingerprint density at radius 1 is 1.36 bits per heavy atom. The molecule has 2 N–H and O–H groups in total. The van der Waals surface area contributed by atoms with Crippen LogP contribution in [0, 0.1) is 5.92 Å². The molecule has 0 aliphatic carbocycles. The summed E-state index contributed by atoms with van der Waals surface area (Å²) in [6.07, 6.45) is 1.91. The second-order valence-corrected chi connectivity index (χ2v) is 7.63. The number of anilines is 1. The van der Waals surface area contributed by atoms with Gasteiger partial charge in [-0.2, -0.15) is 0 Å². The average molecular weight is 323 g/mol. The maximum absolute atomic E-state index is 12.1. The molecule has 0 atom stereocenters. The Labute approximate surface area is 128 Å². The topological polar surface area (TPSA) is 95.6 Å². The van der Waals surface area contributed by atoms with Crippen molar-refractivity contribution >= 4 is 27.5 Å². The first-order chi connectivity index (χ1) is 10.3. The lowest BCUT2D eigenvalue weighted by molar-refractivity contribution is -0.122. The molecule has 3 rings (SSSR count). The Bertz CT molecular complexity index is 738. The van der Waals surface area contributed by atoms with Gasteiger partial charge in [-0.1, -0.05) is 6.07 Å². The van der Waals surface area contributed by atoms with Gasteiger partial charge >= 0.3 is 0 Å². The maximum Gasteiger partial charge on any atom is 0.251 e. The largest absolute Gasteiger partial charge is 0.352 e. The van der Waals surface area contributed by atoms with Crippen LogP contribution in [0.15, 0.2) is 18.2 Å². The quantitative estimate of drug-likeness (QED) is 0.805. The third kappa shape index (κ3) is 2.84. The van der Waals surface area contributed by atoms with Gasteiger partial charge in [0.25, 0.3) is 5.91 Å². The molecule has 0 bridgehead atoms. The molecule has 2 heterocycles. The van der Waals surface area contributed by atoms with Crippen molar-refractivity contribution in [2.75, 3.05) is 31.2 Å². The summed E-state index contributed by atoms with van der Waals surface area (Å²) in [5.41, 5.74) is 2.10. The molecular weight excluding hydrogens is 306 g/mol. The lowest BCUT2D eigenvalue weighted by atomic mass is 9.99. The molecule has 118 valence electrons. The summed E-state index contributed by atoms with van der Waals surface area (Å²) in [6.45, 7) is 1.03. The normalized spacial score (nSPS) is 19.0. The molecule has 1 fully saturated rings. The first-order valence-electron chi connectivity index (χ1n) is 7.02. The van der Waals surface area contributed by atoms with Gasteiger partial charge in [-0.15, -0.1) is 0 Å². The van der Waals surface area contributed by atoms with Gasteiger partial charge in [0.1, 0.15) is 0 Å². The summed E-state index contributed by atoms with van der Waals surface area (Å²) >= 11 is 0. The van der Waals surface area contributed by atoms with E-state index in [-0.39, 0.29) is 30.8 Å². The van der Waals surface area contributed by atoms with Crippen LogP contribution in [0.25, 0.3) is 0 Å². The zero-order valence-corrected chi connectivity index (χ0v) is 12.9. The molecule has 2 aliphatic heterocycles. The molecule has 1 aromatic carbocycles. The summed E-state index contributed by atoms with van der Waals surface area (Å²) in [7, 11) is -3.22. The first kappa shape index (κ1) is 15.0. The molecule has 0 spiro atoms. The van der Waals surface area contributed by atoms with Gasteiger partial charge in [0.2, 0.25) is 15.9 Å². The Morgan fingerprint density at radius 2 is 2.09 bits per heavy atom. The van der Waals surface area contributed by atoms with Crippen LogP contribution in [0.4, 0.5) is 5.69 Å². The monoisotopic (exact) mass is 323 g/mol. The van der Waals surface area contributed by atoms with E-state index in [9.17, 15) is 18.0 Å². The number of rotatable bonds is 3. The van der Waals surface area contributed by atoms with Crippen LogP contribution >= 0.6 is 0 Å². The number of carbonyl (C=O) groups excluding carboxylic acids is 2. The van der Waals surface area contributed by atoms with E-state index in [0.29, 0.717) is 17.8 Å². The Morgan fingerprint density at radius 3 is 2.77 bits per heavy atom. The molecule has 7 nitrogen and oxygen atoms in total. The minimum absolute atomic E-state index is 0.135. The molecule has 1 aromatic rings. The molecular formula is C14H17N3O4S. The van der Waals surface area contributed by atoms with Crippen LogP contribution in [0.3, 0.4) is 0 Å². The fourth-order valence-corrected chi connectivity index (χ4v) is 3.51. The van der Waals surface area contributed by atoms with Crippen molar-refractivity contribution in [2.24, 2.45) is 5.92 Å². The Balaban J connectivity index is 1.66. The number of benzene rings is 1. The van der Waals surface area contributed by atoms with Crippen molar-refractivity contribution in [3.8, 4) is 0 Å². The highest BCUT2D eigenvalue weighted by Crippen LogP contribution is 2.23. The predicted octanol–water partition coefficient (Wildman–Crippen LogP) is -0.198. The van der Waals surface area contributed by atoms with Gasteiger partial charge in [-0.25, -0.2) is 12.7 Å². The highest BCUT2D eigenvalue weighted by atomic mass is 32.2. The summed E-state index contributed by atoms with van der Waals surface area (Å²) in [5.74, 6) is -0.708. The van der Waals surface area contributed by atoms with Crippen LogP contribution in [0.2, 0.25) is 0 Å². The standard InChI is InChI=1S/C14H17N3O4S/c1-22(20,21)17-7-10(8-17)13(18)16-11-3-2-9-4-5-15-14(19)12(9)6-11/h2-3,6,10H,4-5,7-8H2,1H3,(H,15,19)(H,16,18). The first-order valence-corrected chi connectivity index (χ1v) is 8.86. The van der Waals surface area contributed by atoms with Crippen LogP contribution in [0.1, 0.15) is 15.9 Å². The van der Waals surface area contributed by atoms with Gasteiger partial charge in [0, 0.05) is 30.9 Å². The highest BCUT2D eigenvalue weighted by Gasteiger charge is 2.37. The fourth-order valence-electron chi connectivity index (χ4n) is 2.61. The lowest BCUT2D eigenvalue weighted by Gasteiger charge is -2.35. The molecule has 0 aromatic heterocycles. The molecule has 8 heteroatoms. The van der Waals surface area contributed by atoms with Crippen molar-refractivity contribution in [1.29, 1.82) is 0 Å². The molecule has 22 heavy (non-hydrogen) atoms. The Kier molecular flexibility index (Phi) is 3.65. The van der Waals surface area contributed by atoms with Gasteiger partial charge in [0.15, 0.2) is 0 Å². The number of nitrogens with zero attached hydrogens (tertiary/aromatic N) is 1. The third-order valence-electron chi connectivity index (χ3n) is 3.99. The van der Waals surface area contributed by atoms with Crippen LogP contribution in [-0.2, 0) is 21.2 Å². The maximum atomic E-state index is 12.1. The van der Waals surface area contributed by atoms with E-state index >= 15 is 0 Å². The van der Waals surface area contributed by atoms with Crippen LogP contribution in [0.5, 0.6) is 0 Å². The lowest BCUT2D eigenvalue weighted by Crippen LogP contribution is -2.53. The molecule has 2 amide bonds. The van der Waals surface area contributed by atoms with Gasteiger partial charge < -0.3 is 10.6 Å². The Hall–Kier alpha value is -1.93. The van der Waals surface area contributed by atoms with E-state index in [1.807, 2.05) is 6.07 Å². The van der Waals surface area contributed by atoms with E-state index in [1.165, 1.54) is 4.31 Å². The zero-order chi connectivity index (χ0) is 15.9. The van der Waals surface area contributed by atoms with Gasteiger partial charge in [-0.05, 0) is 24.1 Å². The van der Waals surface area contributed by atoms with Crippen molar-refractivity contribution < 1.29 is 18.0 Å². The zero-order valence-electron chi connectivity index (χ0n) is 12.1. The smallest absolute Gasteiger partial charge is 0.251 e. The minimum atomic E-state index is -3.22. The fraction of sp³-hybridized carbons (Fsp3) is 0.429. The average Bonchev–Trinajstić information content (AvgIpc) is 2.36. The summed E-state index contributed by atoms with van der Waals surface area (Å²) in [4.78, 5) is 23.9. The molecule has 2 aliphatic rings. The van der Waals surface area contributed by atoms with Crippen LogP contribution < -0.4 is 10.6 Å². The van der Waals surface area contributed by atoms with E-state index < -0.39 is 10.0 Å². The summed E-state index contributed by atoms with van der Waals surface area (Å²) < 4.78 is 23.8. The van der Waals surface area contributed by atoms with E-state index in [2.05, 4.69) is 10.6 Å². The number of sulfonamides is 1. The van der Waals surface area contributed by atoms with Crippen molar-refractivity contribution in [3.63, 3.8) is 0 Å². The summed E-state index contributed by atoms with van der Waals surface area (Å²) in [6, 6.07) is 5.27. The summed E-state index contributed by atoms with van der Waals surface area (Å²) in [5, 5.41) is 5.51. The van der Waals surface area contributed by atoms with Crippen molar-refractivity contribution in [1.82, 2.24) is 9.62 Å². The molecule has 0 unspecified atom stereocenters. The number of hydrogen-bond acceptors (Lipinski definition) is 4. The van der Waals surface area contributed by atoms with E-state index in [4.69, 9.17) is 0 Å². The van der Waals surface area contributed by atoms with Gasteiger partial charge in [0.05, 0.1) is 12.2 Å². The van der Waals surface area contributed by atoms with Crippen molar-refractivity contribution in [2.45, 2.75) is 6.42 Å². The van der Waals surface area contributed by atoms with Crippen LogP contribution in [-0.4, -0.2) is 50.4 Å². The van der Waals surface area contributed by atoms with E-state index in [1.54, 1.807) is 12.1 Å². The number of amides is 2. The number of hydrogen-bond donors (Lipinski definition) is 2. The third-order valence-corrected chi connectivity index (χ3v) is 5.23. The number of nitrogens with one attached hydrogen (secondary N) is 2. The predicted molar refractivity (Wildman–Crippen MR) is 81.0 cm³/mol. The SMILES string of the molecule is CS(=O)(=O)N1CC(C(=O)Nc2ccc3c(c2)C(=O)NCC3)C1. The second-order valence-electron chi connectivity index (χ2n) is 5.64. The number of fused-ring (bicyclic) bond motifs is 1. The molecule has 1 saturated heterocycles. The second kappa shape index (κ2) is 5.36. The number of carbonyl (C=O) groups is 2. The minimum Gasteiger partial charge on any atom is -0.352 e. The molecule has 0 saturated carbocycles. The molecule has 0 radical (unpaired) electrons.